The Morgan fingerprint density at radius 2 is 1.21 bits per heavy atom. The summed E-state index contributed by atoms with van der Waals surface area (Å²) < 4.78 is 0. The second-order valence-electron chi connectivity index (χ2n) is 6.98. The van der Waals surface area contributed by atoms with E-state index in [4.69, 9.17) is 12.2 Å². The number of nitrogens with zero attached hydrogens (tertiary/aromatic N) is 1. The van der Waals surface area contributed by atoms with Gasteiger partial charge >= 0.3 is 0 Å². The normalized spacial score (nSPS) is 23.3. The summed E-state index contributed by atoms with van der Waals surface area (Å²) in [4.78, 5) is 13.9. The molecule has 1 aliphatic heterocycles. The average molecular weight is 398 g/mol. The zero-order valence-electron chi connectivity index (χ0n) is 15.6. The van der Waals surface area contributed by atoms with Gasteiger partial charge in [0.1, 0.15) is 0 Å². The first-order valence-corrected chi connectivity index (χ1v) is 9.75. The molecule has 29 heavy (non-hydrogen) atoms. The van der Waals surface area contributed by atoms with Gasteiger partial charge < -0.3 is 10.6 Å². The molecule has 3 aromatic carbocycles. The van der Waals surface area contributed by atoms with Crippen molar-refractivity contribution in [3.05, 3.63) is 108 Å². The summed E-state index contributed by atoms with van der Waals surface area (Å²) in [7, 11) is 0. The lowest BCUT2D eigenvalue weighted by Crippen LogP contribution is -2.60. The summed E-state index contributed by atoms with van der Waals surface area (Å²) in [6.45, 7) is 0. The van der Waals surface area contributed by atoms with Gasteiger partial charge in [0.05, 0.1) is 18.2 Å². The number of ketones is 1. The van der Waals surface area contributed by atoms with Gasteiger partial charge in [-0.15, -0.1) is 0 Å². The Labute approximate surface area is 175 Å². The van der Waals surface area contributed by atoms with Crippen LogP contribution in [0.1, 0.15) is 33.6 Å². The molecule has 142 valence electrons. The van der Waals surface area contributed by atoms with Crippen molar-refractivity contribution in [2.24, 2.45) is 5.41 Å². The van der Waals surface area contributed by atoms with Gasteiger partial charge in [-0.3, -0.25) is 4.79 Å². The van der Waals surface area contributed by atoms with Crippen molar-refractivity contribution in [2.75, 3.05) is 0 Å². The molecule has 0 bridgehead atoms. The molecule has 0 radical (unpaired) electrons. The molecule has 4 rings (SSSR count). The van der Waals surface area contributed by atoms with Crippen LogP contribution in [0.25, 0.3) is 0 Å². The van der Waals surface area contributed by atoms with Crippen molar-refractivity contribution in [1.29, 1.82) is 5.26 Å². The number of nitrogens with one attached hydrogen (secondary N) is 2. The monoisotopic (exact) mass is 397 g/mol. The third-order valence-electron chi connectivity index (χ3n) is 5.32. The maximum Gasteiger partial charge on any atom is 0.188 e. The molecule has 1 saturated heterocycles. The van der Waals surface area contributed by atoms with Crippen molar-refractivity contribution >= 4 is 23.1 Å². The van der Waals surface area contributed by atoms with Crippen molar-refractivity contribution in [3.8, 4) is 6.07 Å². The minimum atomic E-state index is -1.44. The topological polar surface area (TPSA) is 64.9 Å². The minimum Gasteiger partial charge on any atom is -0.354 e. The van der Waals surface area contributed by atoms with Crippen LogP contribution in [0.2, 0.25) is 0 Å². The van der Waals surface area contributed by atoms with E-state index >= 15 is 0 Å². The largest absolute Gasteiger partial charge is 0.354 e. The van der Waals surface area contributed by atoms with Gasteiger partial charge in [0.2, 0.25) is 0 Å². The highest BCUT2D eigenvalue weighted by molar-refractivity contribution is 7.80. The highest BCUT2D eigenvalue weighted by Gasteiger charge is 2.56. The third kappa shape index (κ3) is 3.28. The second kappa shape index (κ2) is 7.86. The number of benzene rings is 3. The van der Waals surface area contributed by atoms with Crippen LogP contribution in [0.3, 0.4) is 0 Å². The molecule has 2 atom stereocenters. The van der Waals surface area contributed by atoms with Crippen molar-refractivity contribution in [1.82, 2.24) is 10.6 Å². The summed E-state index contributed by atoms with van der Waals surface area (Å²) in [5.41, 5.74) is 0.727. The summed E-state index contributed by atoms with van der Waals surface area (Å²) in [6, 6.07) is 29.2. The van der Waals surface area contributed by atoms with Gasteiger partial charge in [0, 0.05) is 5.56 Å². The van der Waals surface area contributed by atoms with E-state index in [1.807, 2.05) is 78.9 Å². The van der Waals surface area contributed by atoms with Crippen LogP contribution in [0.5, 0.6) is 0 Å². The van der Waals surface area contributed by atoms with Gasteiger partial charge in [-0.05, 0) is 23.3 Å². The maximum atomic E-state index is 13.9. The summed E-state index contributed by atoms with van der Waals surface area (Å²) in [5.74, 6) is -0.245. The molecular weight excluding hydrogens is 378 g/mol. The molecule has 2 unspecified atom stereocenters. The molecule has 1 aliphatic rings. The smallest absolute Gasteiger partial charge is 0.188 e. The van der Waals surface area contributed by atoms with Crippen LogP contribution < -0.4 is 10.6 Å². The Hall–Kier alpha value is -3.49. The van der Waals surface area contributed by atoms with E-state index < -0.39 is 17.5 Å². The number of hydrogen-bond acceptors (Lipinski definition) is 3. The van der Waals surface area contributed by atoms with E-state index in [0.717, 1.165) is 11.1 Å². The van der Waals surface area contributed by atoms with Gasteiger partial charge in [-0.2, -0.15) is 5.26 Å². The first-order chi connectivity index (χ1) is 14.2. The fraction of sp³-hybridized carbons (Fsp3) is 0.125. The minimum absolute atomic E-state index is 0.245. The van der Waals surface area contributed by atoms with Crippen LogP contribution in [-0.4, -0.2) is 10.9 Å². The summed E-state index contributed by atoms with van der Waals surface area (Å²) >= 11 is 5.47. The molecule has 2 N–H and O–H groups in total. The van der Waals surface area contributed by atoms with E-state index in [2.05, 4.69) is 16.7 Å². The SMILES string of the molecule is N#CC1(C(=O)c2ccccc2)C(c2ccccc2)NC(=S)NC1c1ccccc1. The Morgan fingerprint density at radius 3 is 1.62 bits per heavy atom. The third-order valence-corrected chi connectivity index (χ3v) is 5.56. The number of carbonyl (C=O) groups is 1. The number of Topliss-reactive ketones (excluding diaryl/α,β-unsaturated/α-hetero) is 1. The fourth-order valence-corrected chi connectivity index (χ4v) is 4.19. The van der Waals surface area contributed by atoms with Crippen LogP contribution in [0.4, 0.5) is 0 Å². The quantitative estimate of drug-likeness (QED) is 0.506. The van der Waals surface area contributed by atoms with Gasteiger partial charge in [-0.1, -0.05) is 91.0 Å². The van der Waals surface area contributed by atoms with Crippen LogP contribution in [0, 0.1) is 16.7 Å². The number of thiocarbonyl (C=S) groups is 1. The highest BCUT2D eigenvalue weighted by atomic mass is 32.1. The standard InChI is InChI=1S/C24H19N3OS/c25-16-24(22(28)19-14-8-3-9-15-19)20(17-10-4-1-5-11-17)26-23(29)27-21(24)18-12-6-2-7-13-18/h1-15,20-21H,(H2,26,27,29). The van der Waals surface area contributed by atoms with Crippen molar-refractivity contribution in [2.45, 2.75) is 12.1 Å². The molecule has 0 amide bonds. The van der Waals surface area contributed by atoms with E-state index in [0.29, 0.717) is 10.7 Å². The Balaban J connectivity index is 1.95. The molecule has 5 heteroatoms. The molecule has 3 aromatic rings. The molecule has 0 spiro atoms. The molecular formula is C24H19N3OS. The number of carbonyl (C=O) groups excluding carboxylic acids is 1. The van der Waals surface area contributed by atoms with Gasteiger partial charge in [0.15, 0.2) is 16.3 Å². The van der Waals surface area contributed by atoms with E-state index in [-0.39, 0.29) is 5.78 Å². The molecule has 4 nitrogen and oxygen atoms in total. The van der Waals surface area contributed by atoms with E-state index in [9.17, 15) is 10.1 Å². The van der Waals surface area contributed by atoms with Gasteiger partial charge in [0.25, 0.3) is 0 Å². The van der Waals surface area contributed by atoms with Crippen LogP contribution in [0.15, 0.2) is 91.0 Å². The number of hydrogen-bond donors (Lipinski definition) is 2. The van der Waals surface area contributed by atoms with Crippen molar-refractivity contribution < 1.29 is 4.79 Å². The predicted molar refractivity (Wildman–Crippen MR) is 116 cm³/mol. The molecule has 1 heterocycles. The lowest BCUT2D eigenvalue weighted by molar-refractivity contribution is 0.0740. The maximum absolute atomic E-state index is 13.9. The lowest BCUT2D eigenvalue weighted by Gasteiger charge is -2.46. The summed E-state index contributed by atoms with van der Waals surface area (Å²) in [5, 5.41) is 17.3. The van der Waals surface area contributed by atoms with Gasteiger partial charge in [-0.25, -0.2) is 0 Å². The molecule has 0 aromatic heterocycles. The lowest BCUT2D eigenvalue weighted by atomic mass is 9.65. The van der Waals surface area contributed by atoms with Crippen LogP contribution >= 0.6 is 12.2 Å². The van der Waals surface area contributed by atoms with E-state index in [1.165, 1.54) is 0 Å². The Morgan fingerprint density at radius 1 is 0.793 bits per heavy atom. The number of rotatable bonds is 4. The highest BCUT2D eigenvalue weighted by Crippen LogP contribution is 2.48. The van der Waals surface area contributed by atoms with Crippen molar-refractivity contribution in [3.63, 3.8) is 0 Å². The van der Waals surface area contributed by atoms with Crippen LogP contribution in [-0.2, 0) is 0 Å². The predicted octanol–water partition coefficient (Wildman–Crippen LogP) is 4.34. The molecule has 0 aliphatic carbocycles. The zero-order chi connectivity index (χ0) is 20.3. The fourth-order valence-electron chi connectivity index (χ4n) is 3.95. The average Bonchev–Trinajstić information content (AvgIpc) is 2.80. The zero-order valence-corrected chi connectivity index (χ0v) is 16.4. The Bertz CT molecular complexity index is 1010. The number of nitriles is 1. The first kappa shape index (κ1) is 18.9. The molecule has 0 saturated carbocycles. The molecule has 1 fully saturated rings. The first-order valence-electron chi connectivity index (χ1n) is 9.35. The second-order valence-corrected chi connectivity index (χ2v) is 7.39. The van der Waals surface area contributed by atoms with E-state index in [1.54, 1.807) is 12.1 Å². The summed E-state index contributed by atoms with van der Waals surface area (Å²) in [6.07, 6.45) is 0. The Kier molecular flexibility index (Phi) is 5.11.